The Labute approximate surface area is 155 Å². The van der Waals surface area contributed by atoms with Crippen LogP contribution in [-0.4, -0.2) is 40.9 Å². The molecule has 0 unspecified atom stereocenters. The Morgan fingerprint density at radius 3 is 2.96 bits per heavy atom. The predicted molar refractivity (Wildman–Crippen MR) is 101 cm³/mol. The van der Waals surface area contributed by atoms with Gasteiger partial charge >= 0.3 is 0 Å². The van der Waals surface area contributed by atoms with E-state index in [1.807, 2.05) is 24.3 Å². The third-order valence-electron chi connectivity index (χ3n) is 4.73. The van der Waals surface area contributed by atoms with Gasteiger partial charge in [0.15, 0.2) is 0 Å². The Bertz CT molecular complexity index is 1080. The number of fused-ring (bicyclic) bond motifs is 2. The number of carbonyl (C=O) groups is 1. The number of amides is 1. The molecule has 0 saturated heterocycles. The van der Waals surface area contributed by atoms with E-state index in [1.165, 1.54) is 23.8 Å². The van der Waals surface area contributed by atoms with E-state index in [9.17, 15) is 14.0 Å². The fourth-order valence-corrected chi connectivity index (χ4v) is 3.46. The number of rotatable bonds is 4. The summed E-state index contributed by atoms with van der Waals surface area (Å²) in [6.45, 7) is 1.15. The van der Waals surface area contributed by atoms with Gasteiger partial charge < -0.3 is 9.88 Å². The van der Waals surface area contributed by atoms with E-state index in [4.69, 9.17) is 0 Å². The molecule has 2 heterocycles. The molecule has 1 aliphatic rings. The van der Waals surface area contributed by atoms with E-state index in [-0.39, 0.29) is 24.6 Å². The fraction of sp³-hybridized carbons (Fsp3) is 0.250. The van der Waals surface area contributed by atoms with Gasteiger partial charge in [0.1, 0.15) is 11.6 Å². The van der Waals surface area contributed by atoms with Crippen molar-refractivity contribution in [2.45, 2.75) is 13.0 Å². The molecule has 27 heavy (non-hydrogen) atoms. The first-order valence-corrected chi connectivity index (χ1v) is 8.76. The number of hydrogen-bond acceptors (Lipinski definition) is 4. The minimum absolute atomic E-state index is 0.00312. The van der Waals surface area contributed by atoms with Gasteiger partial charge in [-0.3, -0.25) is 14.5 Å². The molecular weight excluding hydrogens is 347 g/mol. The van der Waals surface area contributed by atoms with Gasteiger partial charge in [0, 0.05) is 18.3 Å². The highest BCUT2D eigenvalue weighted by atomic mass is 19.1. The number of aromatic amines is 1. The lowest BCUT2D eigenvalue weighted by Gasteiger charge is -2.21. The normalized spacial score (nSPS) is 13.4. The van der Waals surface area contributed by atoms with Crippen molar-refractivity contribution in [2.75, 3.05) is 25.0 Å². The molecule has 7 heteroatoms. The number of halogens is 1. The Morgan fingerprint density at radius 2 is 2.11 bits per heavy atom. The van der Waals surface area contributed by atoms with Gasteiger partial charge in [-0.15, -0.1) is 0 Å². The number of H-pyrrole nitrogens is 1. The molecule has 2 aromatic carbocycles. The van der Waals surface area contributed by atoms with Crippen LogP contribution in [0.4, 0.5) is 10.1 Å². The highest BCUT2D eigenvalue weighted by Crippen LogP contribution is 2.27. The monoisotopic (exact) mass is 366 g/mol. The molecule has 1 aliphatic heterocycles. The molecule has 138 valence electrons. The molecule has 0 fully saturated rings. The number of nitrogens with one attached hydrogen (secondary N) is 1. The van der Waals surface area contributed by atoms with Gasteiger partial charge in [-0.1, -0.05) is 18.2 Å². The van der Waals surface area contributed by atoms with Crippen LogP contribution in [0.5, 0.6) is 0 Å². The van der Waals surface area contributed by atoms with Crippen LogP contribution in [0, 0.1) is 5.82 Å². The molecule has 0 bridgehead atoms. The van der Waals surface area contributed by atoms with Crippen LogP contribution < -0.4 is 10.5 Å². The molecule has 0 atom stereocenters. The fourth-order valence-electron chi connectivity index (χ4n) is 3.46. The summed E-state index contributed by atoms with van der Waals surface area (Å²) in [4.78, 5) is 35.4. The van der Waals surface area contributed by atoms with E-state index in [0.717, 1.165) is 12.1 Å². The van der Waals surface area contributed by atoms with Crippen molar-refractivity contribution in [3.05, 3.63) is 70.0 Å². The molecule has 4 rings (SSSR count). The van der Waals surface area contributed by atoms with Crippen molar-refractivity contribution in [3.63, 3.8) is 0 Å². The van der Waals surface area contributed by atoms with Crippen molar-refractivity contribution in [1.82, 2.24) is 14.9 Å². The van der Waals surface area contributed by atoms with Gasteiger partial charge in [-0.25, -0.2) is 9.37 Å². The second kappa shape index (κ2) is 6.92. The van der Waals surface area contributed by atoms with Crippen LogP contribution in [0.15, 0.2) is 47.3 Å². The number of hydrogen-bond donors (Lipinski definition) is 1. The van der Waals surface area contributed by atoms with Crippen molar-refractivity contribution in [1.29, 1.82) is 0 Å². The zero-order chi connectivity index (χ0) is 19.0. The maximum absolute atomic E-state index is 13.4. The lowest BCUT2D eigenvalue weighted by atomic mass is 10.2. The van der Waals surface area contributed by atoms with Crippen molar-refractivity contribution in [3.8, 4) is 0 Å². The zero-order valence-electron chi connectivity index (χ0n) is 14.9. The van der Waals surface area contributed by atoms with E-state index in [1.54, 1.807) is 16.8 Å². The van der Waals surface area contributed by atoms with Crippen molar-refractivity contribution in [2.24, 2.45) is 0 Å². The second-order valence-corrected chi connectivity index (χ2v) is 6.77. The van der Waals surface area contributed by atoms with E-state index < -0.39 is 5.82 Å². The minimum Gasteiger partial charge on any atom is -0.311 e. The van der Waals surface area contributed by atoms with Gasteiger partial charge in [-0.2, -0.15) is 0 Å². The summed E-state index contributed by atoms with van der Waals surface area (Å²) in [5.74, 6) is -0.0466. The Kier molecular flexibility index (Phi) is 4.45. The van der Waals surface area contributed by atoms with Gasteiger partial charge in [0.25, 0.3) is 5.56 Å². The zero-order valence-corrected chi connectivity index (χ0v) is 14.9. The molecule has 1 N–H and O–H groups in total. The smallest absolute Gasteiger partial charge is 0.258 e. The second-order valence-electron chi connectivity index (χ2n) is 6.77. The Morgan fingerprint density at radius 1 is 1.30 bits per heavy atom. The minimum atomic E-state index is -0.442. The lowest BCUT2D eigenvalue weighted by molar-refractivity contribution is -0.119. The standard InChI is InChI=1S/C20H19FN4O2/c1-24(12-19(26)25-9-8-13-4-2-3-5-17(13)25)11-18-22-16-10-14(21)6-7-15(16)20(27)23-18/h2-7,10H,8-9,11-12H2,1H3,(H,22,23,27). The number of benzene rings is 2. The molecule has 1 amide bonds. The van der Waals surface area contributed by atoms with Crippen LogP contribution in [0.2, 0.25) is 0 Å². The number of nitrogens with zero attached hydrogens (tertiary/aromatic N) is 3. The summed E-state index contributed by atoms with van der Waals surface area (Å²) in [6, 6.07) is 11.8. The summed E-state index contributed by atoms with van der Waals surface area (Å²) in [7, 11) is 1.79. The first-order chi connectivity index (χ1) is 13.0. The van der Waals surface area contributed by atoms with Gasteiger partial charge in [-0.05, 0) is 37.2 Å². The summed E-state index contributed by atoms with van der Waals surface area (Å²) in [6.07, 6.45) is 0.858. The molecule has 0 aliphatic carbocycles. The number of para-hydroxylation sites is 1. The molecule has 1 aromatic heterocycles. The first-order valence-electron chi connectivity index (χ1n) is 8.76. The van der Waals surface area contributed by atoms with Crippen molar-refractivity contribution < 1.29 is 9.18 Å². The molecular formula is C20H19FN4O2. The highest BCUT2D eigenvalue weighted by Gasteiger charge is 2.24. The molecule has 0 radical (unpaired) electrons. The van der Waals surface area contributed by atoms with Crippen LogP contribution >= 0.6 is 0 Å². The van der Waals surface area contributed by atoms with Crippen molar-refractivity contribution >= 4 is 22.5 Å². The van der Waals surface area contributed by atoms with Crippen LogP contribution in [-0.2, 0) is 17.8 Å². The third kappa shape index (κ3) is 3.46. The molecule has 0 spiro atoms. The summed E-state index contributed by atoms with van der Waals surface area (Å²) in [5.41, 5.74) is 2.13. The summed E-state index contributed by atoms with van der Waals surface area (Å²) >= 11 is 0. The number of anilines is 1. The van der Waals surface area contributed by atoms with Crippen LogP contribution in [0.1, 0.15) is 11.4 Å². The average Bonchev–Trinajstić information content (AvgIpc) is 3.05. The van der Waals surface area contributed by atoms with Crippen LogP contribution in [0.3, 0.4) is 0 Å². The largest absolute Gasteiger partial charge is 0.311 e. The van der Waals surface area contributed by atoms with Gasteiger partial charge in [0.2, 0.25) is 5.91 Å². The number of aromatic nitrogens is 2. The average molecular weight is 366 g/mol. The summed E-state index contributed by atoms with van der Waals surface area (Å²) in [5, 5.41) is 0.340. The quantitative estimate of drug-likeness (QED) is 0.768. The maximum Gasteiger partial charge on any atom is 0.258 e. The Hall–Kier alpha value is -3.06. The Balaban J connectivity index is 1.48. The third-order valence-corrected chi connectivity index (χ3v) is 4.73. The van der Waals surface area contributed by atoms with Crippen LogP contribution in [0.25, 0.3) is 10.9 Å². The van der Waals surface area contributed by atoms with Gasteiger partial charge in [0.05, 0.1) is 24.0 Å². The predicted octanol–water partition coefficient (Wildman–Crippen LogP) is 2.08. The molecule has 3 aromatic rings. The topological polar surface area (TPSA) is 69.3 Å². The van der Waals surface area contributed by atoms with E-state index in [2.05, 4.69) is 9.97 Å². The highest BCUT2D eigenvalue weighted by molar-refractivity contribution is 5.96. The summed E-state index contributed by atoms with van der Waals surface area (Å²) < 4.78 is 13.4. The SMILES string of the molecule is CN(CC(=O)N1CCc2ccccc21)Cc1nc2cc(F)ccc2c(=O)[nH]1. The van der Waals surface area contributed by atoms with E-state index in [0.29, 0.717) is 23.3 Å². The van der Waals surface area contributed by atoms with E-state index >= 15 is 0 Å². The first kappa shape index (κ1) is 17.4. The number of likely N-dealkylation sites (N-methyl/N-ethyl adjacent to an activating group) is 1. The maximum atomic E-state index is 13.4. The number of carbonyl (C=O) groups excluding carboxylic acids is 1. The molecule has 0 saturated carbocycles. The lowest BCUT2D eigenvalue weighted by Crippen LogP contribution is -2.38. The molecule has 6 nitrogen and oxygen atoms in total.